The van der Waals surface area contributed by atoms with Crippen LogP contribution in [0.5, 0.6) is 0 Å². The molecule has 6 nitrogen and oxygen atoms in total. The monoisotopic (exact) mass is 1050 g/mol. The summed E-state index contributed by atoms with van der Waals surface area (Å²) in [5, 5.41) is 3.64. The molecule has 65 heavy (non-hydrogen) atoms. The summed E-state index contributed by atoms with van der Waals surface area (Å²) in [6, 6.07) is 40.8. The molecule has 0 aliphatic heterocycles. The molecule has 0 bridgehead atoms. The molecule has 0 N–H and O–H groups in total. The van der Waals surface area contributed by atoms with Crippen molar-refractivity contribution < 1.29 is 24.5 Å². The molecule has 10 rings (SSSR count). The zero-order valence-corrected chi connectivity index (χ0v) is 42.7. The molecule has 8 heteroatoms. The predicted octanol–water partition coefficient (Wildman–Crippen LogP) is 14.4. The van der Waals surface area contributed by atoms with Crippen LogP contribution in [0.15, 0.2) is 114 Å². The van der Waals surface area contributed by atoms with Crippen LogP contribution >= 0.6 is 0 Å². The summed E-state index contributed by atoms with van der Waals surface area (Å²) >= 11 is 0. The van der Waals surface area contributed by atoms with Crippen LogP contribution in [0.3, 0.4) is 0 Å². The Bertz CT molecular complexity index is 3100. The van der Waals surface area contributed by atoms with Gasteiger partial charge in [0.05, 0.1) is 36.7 Å². The maximum atomic E-state index is 6.55. The quantitative estimate of drug-likeness (QED) is 0.112. The second kappa shape index (κ2) is 19.1. The Morgan fingerprint density at radius 3 is 2.20 bits per heavy atom. The van der Waals surface area contributed by atoms with Crippen molar-refractivity contribution in [2.45, 2.75) is 106 Å². The number of nitrogens with zero attached hydrogens (tertiary/aromatic N) is 5. The van der Waals surface area contributed by atoms with Crippen LogP contribution in [-0.4, -0.2) is 32.6 Å². The van der Waals surface area contributed by atoms with E-state index >= 15 is 0 Å². The Kier molecular flexibility index (Phi) is 13.5. The fraction of sp³-hybridized carbons (Fsp3) is 0.298. The average Bonchev–Trinajstić information content (AvgIpc) is 3.84. The summed E-state index contributed by atoms with van der Waals surface area (Å²) < 4.78 is 8.78. The van der Waals surface area contributed by atoms with Crippen molar-refractivity contribution in [3.05, 3.63) is 155 Å². The predicted molar refractivity (Wildman–Crippen MR) is 268 cm³/mol. The molecular formula is C57H59IrN5OSi-2. The van der Waals surface area contributed by atoms with Crippen LogP contribution in [0.4, 0.5) is 0 Å². The van der Waals surface area contributed by atoms with E-state index in [1.165, 1.54) is 55.2 Å². The maximum Gasteiger partial charge on any atom is 0.216 e. The van der Waals surface area contributed by atoms with Crippen LogP contribution in [0.2, 0.25) is 19.6 Å². The van der Waals surface area contributed by atoms with E-state index in [2.05, 4.69) is 142 Å². The van der Waals surface area contributed by atoms with Crippen molar-refractivity contribution >= 4 is 46.4 Å². The summed E-state index contributed by atoms with van der Waals surface area (Å²) in [5.74, 6) is 1.95. The molecule has 9 aromatic rings. The molecule has 0 spiro atoms. The van der Waals surface area contributed by atoms with E-state index in [1.54, 1.807) is 10.8 Å². The molecule has 1 aliphatic rings. The molecule has 1 aliphatic carbocycles. The van der Waals surface area contributed by atoms with E-state index in [1.807, 2.05) is 50.4 Å². The minimum Gasteiger partial charge on any atom is -0.486 e. The number of hydrogen-bond acceptors (Lipinski definition) is 5. The van der Waals surface area contributed by atoms with Crippen LogP contribution in [-0.2, 0) is 26.5 Å². The molecule has 0 unspecified atom stereocenters. The SMILES string of the molecule is C[Si](C)(C)c1cnc(-c2[c-]cccc2)cc1CC1CCCCC1.Cc1cc2nc(-c3[c-]cc(C(C)C)c4c3oc3nc(C)ccc34)n(-c3c(C)cc(-c4ccccc4)cc3C)c2cn1.[Ir]. The summed E-state index contributed by atoms with van der Waals surface area (Å²) in [7, 11) is -1.36. The molecule has 0 saturated heterocycles. The summed E-state index contributed by atoms with van der Waals surface area (Å²) in [6.45, 7) is 20.0. The first-order chi connectivity index (χ1) is 30.8. The fourth-order valence-corrected chi connectivity index (χ4v) is 11.4. The summed E-state index contributed by atoms with van der Waals surface area (Å²) in [4.78, 5) is 19.4. The van der Waals surface area contributed by atoms with Gasteiger partial charge in [-0.2, -0.15) is 0 Å². The Morgan fingerprint density at radius 1 is 0.769 bits per heavy atom. The van der Waals surface area contributed by atoms with Crippen LogP contribution in [0.25, 0.3) is 72.6 Å². The van der Waals surface area contributed by atoms with Gasteiger partial charge < -0.3 is 14.0 Å². The van der Waals surface area contributed by atoms with Gasteiger partial charge in [-0.1, -0.05) is 124 Å². The van der Waals surface area contributed by atoms with E-state index in [4.69, 9.17) is 19.4 Å². The first-order valence-corrected chi connectivity index (χ1v) is 26.6. The zero-order chi connectivity index (χ0) is 44.7. The number of imidazole rings is 1. The molecule has 0 amide bonds. The summed E-state index contributed by atoms with van der Waals surface area (Å²) in [5.41, 5.74) is 16.6. The van der Waals surface area contributed by atoms with Crippen molar-refractivity contribution in [2.75, 3.05) is 0 Å². The van der Waals surface area contributed by atoms with Gasteiger partial charge in [0.15, 0.2) is 0 Å². The third-order valence-electron chi connectivity index (χ3n) is 12.9. The van der Waals surface area contributed by atoms with Gasteiger partial charge in [0.25, 0.3) is 0 Å². The van der Waals surface area contributed by atoms with Crippen molar-refractivity contribution in [1.29, 1.82) is 0 Å². The second-order valence-corrected chi connectivity index (χ2v) is 24.3. The zero-order valence-electron chi connectivity index (χ0n) is 39.3. The largest absolute Gasteiger partial charge is 0.486 e. The molecule has 1 radical (unpaired) electrons. The Balaban J connectivity index is 0.000000204. The smallest absolute Gasteiger partial charge is 0.216 e. The first kappa shape index (κ1) is 46.0. The van der Waals surface area contributed by atoms with Crippen molar-refractivity contribution in [1.82, 2.24) is 24.5 Å². The van der Waals surface area contributed by atoms with Crippen LogP contribution < -0.4 is 5.19 Å². The number of rotatable bonds is 8. The van der Waals surface area contributed by atoms with E-state index in [9.17, 15) is 0 Å². The number of aromatic nitrogens is 5. The van der Waals surface area contributed by atoms with Gasteiger partial charge in [0.2, 0.25) is 5.71 Å². The van der Waals surface area contributed by atoms with Gasteiger partial charge in [-0.25, -0.2) is 4.98 Å². The van der Waals surface area contributed by atoms with E-state index in [-0.39, 0.29) is 20.1 Å². The van der Waals surface area contributed by atoms with Gasteiger partial charge in [0.1, 0.15) is 0 Å². The van der Waals surface area contributed by atoms with Crippen LogP contribution in [0.1, 0.15) is 85.5 Å². The number of hydrogen-bond donors (Lipinski definition) is 0. The normalized spacial score (nSPS) is 13.3. The number of furan rings is 1. The molecule has 1 fully saturated rings. The second-order valence-electron chi connectivity index (χ2n) is 19.3. The average molecular weight is 1050 g/mol. The van der Waals surface area contributed by atoms with Gasteiger partial charge in [-0.3, -0.25) is 9.97 Å². The van der Waals surface area contributed by atoms with Crippen molar-refractivity contribution in [2.24, 2.45) is 5.92 Å². The molecule has 1 saturated carbocycles. The van der Waals surface area contributed by atoms with Crippen molar-refractivity contribution in [3.8, 4) is 39.5 Å². The topological polar surface area (TPSA) is 69.6 Å². The van der Waals surface area contributed by atoms with Gasteiger partial charge >= 0.3 is 0 Å². The minimum atomic E-state index is -1.36. The van der Waals surface area contributed by atoms with Crippen LogP contribution in [0, 0.1) is 45.7 Å². The summed E-state index contributed by atoms with van der Waals surface area (Å²) in [6.07, 6.45) is 12.4. The Hall–Kier alpha value is -5.53. The maximum absolute atomic E-state index is 6.55. The number of benzene rings is 4. The van der Waals surface area contributed by atoms with E-state index in [0.717, 1.165) is 84.2 Å². The van der Waals surface area contributed by atoms with Crippen molar-refractivity contribution in [3.63, 3.8) is 0 Å². The number of aryl methyl sites for hydroxylation is 4. The molecule has 5 heterocycles. The third kappa shape index (κ3) is 9.45. The molecule has 4 aromatic carbocycles. The van der Waals surface area contributed by atoms with E-state index in [0.29, 0.717) is 11.6 Å². The van der Waals surface area contributed by atoms with Gasteiger partial charge in [-0.15, -0.1) is 53.6 Å². The third-order valence-corrected chi connectivity index (χ3v) is 15.0. The number of fused-ring (bicyclic) bond motifs is 4. The molecule has 5 aromatic heterocycles. The minimum absolute atomic E-state index is 0. The number of pyridine rings is 3. The molecule has 333 valence electrons. The first-order valence-electron chi connectivity index (χ1n) is 23.1. The fourth-order valence-electron chi connectivity index (χ4n) is 9.76. The van der Waals surface area contributed by atoms with Gasteiger partial charge in [0, 0.05) is 48.8 Å². The standard InChI is InChI=1S/C36H31N4O.C21H28NSi.Ir/c1-20(2)27-14-15-29(34-32(27)28-13-12-23(5)38-36(28)41-34)35-39-30-18-24(6)37-19-31(30)40(35)33-21(3)16-26(17-22(33)4)25-10-8-7-9-11-25;1-23(2,3)21-16-22-20(18-12-8-5-9-13-18)15-19(21)14-17-10-6-4-7-11-17;/h7-14,16-20H,1-6H3;5,8-9,12,15-17H,4,6-7,10-11,14H2,1-3H3;/q2*-1;. The van der Waals surface area contributed by atoms with E-state index < -0.39 is 8.07 Å². The Labute approximate surface area is 399 Å². The molecular weight excluding hydrogens is 991 g/mol. The molecule has 0 atom stereocenters. The van der Waals surface area contributed by atoms with Gasteiger partial charge in [-0.05, 0) is 103 Å². The Morgan fingerprint density at radius 2 is 1.51 bits per heavy atom.